The summed E-state index contributed by atoms with van der Waals surface area (Å²) in [6, 6.07) is 25.4. The third-order valence-electron chi connectivity index (χ3n) is 6.39. The Morgan fingerprint density at radius 1 is 1.00 bits per heavy atom. The van der Waals surface area contributed by atoms with Crippen LogP contribution in [0.25, 0.3) is 22.0 Å². The molecule has 0 fully saturated rings. The normalized spacial score (nSPS) is 14.2. The van der Waals surface area contributed by atoms with E-state index in [0.29, 0.717) is 6.42 Å². The number of anilines is 1. The Morgan fingerprint density at radius 3 is 2.41 bits per heavy atom. The summed E-state index contributed by atoms with van der Waals surface area (Å²) in [5.74, 6) is -0.00696. The van der Waals surface area contributed by atoms with E-state index in [9.17, 15) is 9.90 Å². The summed E-state index contributed by atoms with van der Waals surface area (Å²) in [5, 5.41) is 17.6. The number of hydrogen-bond acceptors (Lipinski definition) is 5. The third-order valence-corrected chi connectivity index (χ3v) is 6.39. The van der Waals surface area contributed by atoms with Gasteiger partial charge in [0.1, 0.15) is 12.8 Å². The molecule has 0 radical (unpaired) electrons. The Morgan fingerprint density at radius 2 is 1.71 bits per heavy atom. The molecular weight excluding hydrogens is 426 g/mol. The van der Waals surface area contributed by atoms with Gasteiger partial charge in [0.05, 0.1) is 11.6 Å². The molecule has 172 valence electrons. The molecule has 0 spiro atoms. The molecule has 1 amide bonds. The minimum Gasteiger partial charge on any atom is -0.449 e. The molecule has 6 heteroatoms. The lowest BCUT2D eigenvalue weighted by Gasteiger charge is -2.25. The van der Waals surface area contributed by atoms with Crippen LogP contribution in [0, 0.1) is 0 Å². The number of hydrogen-bond donors (Lipinski definition) is 3. The van der Waals surface area contributed by atoms with E-state index in [4.69, 9.17) is 4.74 Å². The zero-order valence-corrected chi connectivity index (χ0v) is 18.9. The SMILES string of the molecule is CCC(NC(=O)OCC1c2ccccc2-c2ccccc21)C(O)Nc1ccc2ncccc2c1. The highest BCUT2D eigenvalue weighted by Gasteiger charge is 2.29. The zero-order chi connectivity index (χ0) is 23.5. The number of carbonyl (C=O) groups is 1. The van der Waals surface area contributed by atoms with Crippen LogP contribution >= 0.6 is 0 Å². The van der Waals surface area contributed by atoms with E-state index >= 15 is 0 Å². The molecular formula is C28H27N3O3. The summed E-state index contributed by atoms with van der Waals surface area (Å²) < 4.78 is 5.63. The molecule has 34 heavy (non-hydrogen) atoms. The quantitative estimate of drug-likeness (QED) is 0.332. The second-order valence-corrected chi connectivity index (χ2v) is 8.48. The van der Waals surface area contributed by atoms with Crippen LogP contribution in [0.1, 0.15) is 30.4 Å². The summed E-state index contributed by atoms with van der Waals surface area (Å²) in [4.78, 5) is 17.0. The van der Waals surface area contributed by atoms with Crippen LogP contribution in [0.15, 0.2) is 85.1 Å². The average molecular weight is 454 g/mol. The standard InChI is InChI=1S/C28H27N3O3/c1-2-25(27(32)30-19-13-14-26-18(16-19)8-7-15-29-26)31-28(33)34-17-24-22-11-5-3-9-20(22)21-10-4-6-12-23(21)24/h3-16,24-25,27,30,32H,2,17H2,1H3,(H,31,33). The molecule has 3 aromatic carbocycles. The predicted octanol–water partition coefficient (Wildman–Crippen LogP) is 5.28. The van der Waals surface area contributed by atoms with Gasteiger partial charge in [0.15, 0.2) is 0 Å². The first-order valence-corrected chi connectivity index (χ1v) is 11.5. The first-order valence-electron chi connectivity index (χ1n) is 11.5. The van der Waals surface area contributed by atoms with E-state index in [-0.39, 0.29) is 12.5 Å². The summed E-state index contributed by atoms with van der Waals surface area (Å²) in [6.07, 6.45) is 0.764. The molecule has 5 rings (SSSR count). The van der Waals surface area contributed by atoms with Gasteiger partial charge in [0, 0.05) is 23.2 Å². The second kappa shape index (κ2) is 9.53. The first-order chi connectivity index (χ1) is 16.6. The van der Waals surface area contributed by atoms with Crippen molar-refractivity contribution >= 4 is 22.7 Å². The van der Waals surface area contributed by atoms with Crippen molar-refractivity contribution < 1.29 is 14.6 Å². The van der Waals surface area contributed by atoms with Gasteiger partial charge in [-0.2, -0.15) is 0 Å². The van der Waals surface area contributed by atoms with Crippen LogP contribution in [0.5, 0.6) is 0 Å². The van der Waals surface area contributed by atoms with Gasteiger partial charge >= 0.3 is 6.09 Å². The molecule has 0 bridgehead atoms. The van der Waals surface area contributed by atoms with Crippen molar-refractivity contribution in [3.05, 3.63) is 96.2 Å². The van der Waals surface area contributed by atoms with Gasteiger partial charge < -0.3 is 20.5 Å². The van der Waals surface area contributed by atoms with Crippen LogP contribution in [-0.2, 0) is 4.74 Å². The van der Waals surface area contributed by atoms with Crippen molar-refractivity contribution in [3.8, 4) is 11.1 Å². The van der Waals surface area contributed by atoms with Crippen molar-refractivity contribution in [1.82, 2.24) is 10.3 Å². The summed E-state index contributed by atoms with van der Waals surface area (Å²) in [7, 11) is 0. The Hall–Kier alpha value is -3.90. The number of fused-ring (bicyclic) bond motifs is 4. The third kappa shape index (κ3) is 4.32. The minimum absolute atomic E-state index is 0.00696. The van der Waals surface area contributed by atoms with Crippen LogP contribution in [0.3, 0.4) is 0 Å². The lowest BCUT2D eigenvalue weighted by atomic mass is 9.98. The van der Waals surface area contributed by atoms with Crippen LogP contribution in [0.2, 0.25) is 0 Å². The summed E-state index contributed by atoms with van der Waals surface area (Å²) >= 11 is 0. The van der Waals surface area contributed by atoms with Crippen LogP contribution in [-0.4, -0.2) is 35.1 Å². The maximum absolute atomic E-state index is 12.6. The van der Waals surface area contributed by atoms with E-state index in [1.54, 1.807) is 6.20 Å². The summed E-state index contributed by atoms with van der Waals surface area (Å²) in [6.45, 7) is 2.14. The van der Waals surface area contributed by atoms with Gasteiger partial charge in [0.2, 0.25) is 0 Å². The molecule has 4 aromatic rings. The van der Waals surface area contributed by atoms with E-state index < -0.39 is 18.4 Å². The maximum atomic E-state index is 12.6. The van der Waals surface area contributed by atoms with Gasteiger partial charge in [-0.1, -0.05) is 61.5 Å². The molecule has 0 saturated carbocycles. The molecule has 0 aliphatic heterocycles. The van der Waals surface area contributed by atoms with Gasteiger partial charge in [0.25, 0.3) is 0 Å². The molecule has 1 aliphatic carbocycles. The van der Waals surface area contributed by atoms with E-state index in [1.807, 2.05) is 61.5 Å². The highest BCUT2D eigenvalue weighted by molar-refractivity contribution is 5.82. The number of aromatic nitrogens is 1. The smallest absolute Gasteiger partial charge is 0.407 e. The average Bonchev–Trinajstić information content (AvgIpc) is 3.19. The van der Waals surface area contributed by atoms with Crippen LogP contribution < -0.4 is 10.6 Å². The fourth-order valence-corrected chi connectivity index (χ4v) is 4.63. The number of nitrogens with one attached hydrogen (secondary N) is 2. The fraction of sp³-hybridized carbons (Fsp3) is 0.214. The number of ether oxygens (including phenoxy) is 1. The first kappa shape index (κ1) is 21.9. The number of benzene rings is 3. The Labute approximate surface area is 198 Å². The summed E-state index contributed by atoms with van der Waals surface area (Å²) in [5.41, 5.74) is 6.33. The highest BCUT2D eigenvalue weighted by Crippen LogP contribution is 2.44. The van der Waals surface area contributed by atoms with Crippen molar-refractivity contribution in [2.75, 3.05) is 11.9 Å². The molecule has 1 aliphatic rings. The molecule has 1 heterocycles. The van der Waals surface area contributed by atoms with Crippen molar-refractivity contribution in [1.29, 1.82) is 0 Å². The zero-order valence-electron chi connectivity index (χ0n) is 18.9. The lowest BCUT2D eigenvalue weighted by molar-refractivity contribution is 0.114. The highest BCUT2D eigenvalue weighted by atomic mass is 16.5. The van der Waals surface area contributed by atoms with Crippen molar-refractivity contribution in [2.45, 2.75) is 31.5 Å². The van der Waals surface area contributed by atoms with Gasteiger partial charge in [-0.3, -0.25) is 4.98 Å². The number of aliphatic hydroxyl groups is 1. The Kier molecular flexibility index (Phi) is 6.14. The molecule has 3 N–H and O–H groups in total. The minimum atomic E-state index is -0.973. The monoisotopic (exact) mass is 453 g/mol. The van der Waals surface area contributed by atoms with Crippen LogP contribution in [0.4, 0.5) is 10.5 Å². The molecule has 0 saturated heterocycles. The number of nitrogens with zero attached hydrogens (tertiary/aromatic N) is 1. The van der Waals surface area contributed by atoms with Gasteiger partial charge in [-0.05, 0) is 52.9 Å². The molecule has 2 unspecified atom stereocenters. The molecule has 1 aromatic heterocycles. The molecule has 6 nitrogen and oxygen atoms in total. The van der Waals surface area contributed by atoms with Gasteiger partial charge in [-0.25, -0.2) is 4.79 Å². The van der Waals surface area contributed by atoms with E-state index in [0.717, 1.165) is 27.7 Å². The predicted molar refractivity (Wildman–Crippen MR) is 134 cm³/mol. The van der Waals surface area contributed by atoms with Gasteiger partial charge in [-0.15, -0.1) is 0 Å². The van der Waals surface area contributed by atoms with Crippen molar-refractivity contribution in [3.63, 3.8) is 0 Å². The Bertz CT molecular complexity index is 1280. The number of aliphatic hydroxyl groups excluding tert-OH is 1. The second-order valence-electron chi connectivity index (χ2n) is 8.48. The number of pyridine rings is 1. The maximum Gasteiger partial charge on any atom is 0.407 e. The number of carbonyl (C=O) groups excluding carboxylic acids is 1. The number of amides is 1. The topological polar surface area (TPSA) is 83.5 Å². The van der Waals surface area contributed by atoms with E-state index in [2.05, 4.69) is 39.9 Å². The fourth-order valence-electron chi connectivity index (χ4n) is 4.63. The lowest BCUT2D eigenvalue weighted by Crippen LogP contribution is -2.46. The number of rotatable bonds is 7. The Balaban J connectivity index is 1.22. The largest absolute Gasteiger partial charge is 0.449 e. The van der Waals surface area contributed by atoms with E-state index in [1.165, 1.54) is 11.1 Å². The van der Waals surface area contributed by atoms with Crippen molar-refractivity contribution in [2.24, 2.45) is 0 Å². The molecule has 2 atom stereocenters. The number of alkyl carbamates (subject to hydrolysis) is 1.